The summed E-state index contributed by atoms with van der Waals surface area (Å²) in [5.74, 6) is 1.84. The number of nitrogens with zero attached hydrogens (tertiary/aromatic N) is 2. The Labute approximate surface area is 155 Å². The minimum atomic E-state index is 0.0131. The maximum atomic E-state index is 12.3. The molecule has 1 aromatic carbocycles. The molecule has 5 nitrogen and oxygen atoms in total. The van der Waals surface area contributed by atoms with Gasteiger partial charge in [-0.05, 0) is 30.2 Å². The third-order valence-electron chi connectivity index (χ3n) is 4.34. The topological polar surface area (TPSA) is 52.7 Å². The summed E-state index contributed by atoms with van der Waals surface area (Å²) in [7, 11) is 0. The van der Waals surface area contributed by atoms with Gasteiger partial charge in [0.1, 0.15) is 0 Å². The fourth-order valence-corrected chi connectivity index (χ4v) is 3.68. The molecule has 1 aromatic rings. The molecule has 0 atom stereocenters. The van der Waals surface area contributed by atoms with E-state index in [1.165, 1.54) is 0 Å². The van der Waals surface area contributed by atoms with E-state index in [9.17, 15) is 9.59 Å². The highest BCUT2D eigenvalue weighted by Crippen LogP contribution is 2.15. The summed E-state index contributed by atoms with van der Waals surface area (Å²) >= 11 is 1.70. The zero-order valence-electron chi connectivity index (χ0n) is 15.3. The van der Waals surface area contributed by atoms with Gasteiger partial charge < -0.3 is 10.2 Å². The third-order valence-corrected chi connectivity index (χ3v) is 5.49. The number of carbonyl (C=O) groups excluding carboxylic acids is 2. The Bertz CT molecular complexity index is 572. The number of nitrogens with one attached hydrogen (secondary N) is 1. The van der Waals surface area contributed by atoms with Crippen LogP contribution in [0.4, 0.5) is 5.69 Å². The quantitative estimate of drug-likeness (QED) is 0.721. The Morgan fingerprint density at radius 2 is 1.84 bits per heavy atom. The van der Waals surface area contributed by atoms with Crippen molar-refractivity contribution in [3.63, 3.8) is 0 Å². The van der Waals surface area contributed by atoms with Gasteiger partial charge in [0.25, 0.3) is 0 Å². The summed E-state index contributed by atoms with van der Waals surface area (Å²) in [4.78, 5) is 28.5. The molecule has 2 amide bonds. The number of piperazine rings is 1. The molecule has 0 saturated carbocycles. The van der Waals surface area contributed by atoms with Crippen molar-refractivity contribution in [3.05, 3.63) is 29.8 Å². The average molecular weight is 364 g/mol. The molecule has 0 radical (unpaired) electrons. The fraction of sp³-hybridized carbons (Fsp3) is 0.579. The molecule has 1 fully saturated rings. The van der Waals surface area contributed by atoms with Crippen LogP contribution in [-0.4, -0.2) is 65.8 Å². The summed E-state index contributed by atoms with van der Waals surface area (Å²) in [6.45, 7) is 7.53. The van der Waals surface area contributed by atoms with Crippen LogP contribution in [0.2, 0.25) is 0 Å². The van der Waals surface area contributed by atoms with Gasteiger partial charge in [0.05, 0.1) is 12.3 Å². The molecule has 138 valence electrons. The standard InChI is InChI=1S/C19H29N3O2S/c1-3-13-25-15-19(24)22-11-9-21(10-12-22)14-18(23)20-17-8-6-5-7-16(17)4-2/h5-8H,3-4,9-15H2,1-2H3,(H,20,23). The zero-order valence-corrected chi connectivity index (χ0v) is 16.1. The number of para-hydroxylation sites is 1. The second-order valence-electron chi connectivity index (χ2n) is 6.27. The van der Waals surface area contributed by atoms with Crippen molar-refractivity contribution in [1.82, 2.24) is 9.80 Å². The van der Waals surface area contributed by atoms with Gasteiger partial charge >= 0.3 is 0 Å². The lowest BCUT2D eigenvalue weighted by Crippen LogP contribution is -2.50. The second kappa shape index (κ2) is 10.5. The van der Waals surface area contributed by atoms with Gasteiger partial charge in [0, 0.05) is 31.9 Å². The molecule has 0 spiro atoms. The minimum Gasteiger partial charge on any atom is -0.339 e. The summed E-state index contributed by atoms with van der Waals surface area (Å²) in [5.41, 5.74) is 2.05. The number of aryl methyl sites for hydroxylation is 1. The van der Waals surface area contributed by atoms with E-state index in [4.69, 9.17) is 0 Å². The zero-order chi connectivity index (χ0) is 18.1. The SMILES string of the molecule is CCCSCC(=O)N1CCN(CC(=O)Nc2ccccc2CC)CC1. The van der Waals surface area contributed by atoms with E-state index >= 15 is 0 Å². The lowest BCUT2D eigenvalue weighted by molar-refractivity contribution is -0.130. The predicted molar refractivity (Wildman–Crippen MR) is 105 cm³/mol. The van der Waals surface area contributed by atoms with E-state index in [-0.39, 0.29) is 11.8 Å². The van der Waals surface area contributed by atoms with Gasteiger partial charge in [-0.25, -0.2) is 0 Å². The van der Waals surface area contributed by atoms with Gasteiger partial charge in [-0.2, -0.15) is 11.8 Å². The molecular weight excluding hydrogens is 334 g/mol. The first kappa shape index (κ1) is 19.8. The van der Waals surface area contributed by atoms with Crippen LogP contribution in [0.5, 0.6) is 0 Å². The van der Waals surface area contributed by atoms with Crippen molar-refractivity contribution in [1.29, 1.82) is 0 Å². The number of benzene rings is 1. The minimum absolute atomic E-state index is 0.0131. The number of carbonyl (C=O) groups is 2. The third kappa shape index (κ3) is 6.36. The van der Waals surface area contributed by atoms with E-state index in [2.05, 4.69) is 24.1 Å². The normalized spacial score (nSPS) is 15.2. The molecule has 0 aromatic heterocycles. The van der Waals surface area contributed by atoms with Gasteiger partial charge in [-0.15, -0.1) is 0 Å². The Morgan fingerprint density at radius 1 is 1.12 bits per heavy atom. The highest BCUT2D eigenvalue weighted by atomic mass is 32.2. The van der Waals surface area contributed by atoms with Crippen LogP contribution in [-0.2, 0) is 16.0 Å². The van der Waals surface area contributed by atoms with E-state index in [1.807, 2.05) is 29.2 Å². The maximum Gasteiger partial charge on any atom is 0.238 e. The summed E-state index contributed by atoms with van der Waals surface area (Å²) in [6.07, 6.45) is 2.00. The number of amides is 2. The molecule has 25 heavy (non-hydrogen) atoms. The van der Waals surface area contributed by atoms with Crippen molar-refractivity contribution in [2.45, 2.75) is 26.7 Å². The van der Waals surface area contributed by atoms with Crippen molar-refractivity contribution in [3.8, 4) is 0 Å². The first-order valence-corrected chi connectivity index (χ1v) is 10.2. The lowest BCUT2D eigenvalue weighted by atomic mass is 10.1. The van der Waals surface area contributed by atoms with Crippen molar-refractivity contribution in [2.75, 3.05) is 49.5 Å². The number of thioether (sulfide) groups is 1. The maximum absolute atomic E-state index is 12.3. The summed E-state index contributed by atoms with van der Waals surface area (Å²) in [6, 6.07) is 7.91. The van der Waals surface area contributed by atoms with E-state index in [0.29, 0.717) is 25.4 Å². The first-order valence-electron chi connectivity index (χ1n) is 9.09. The molecule has 0 aliphatic carbocycles. The van der Waals surface area contributed by atoms with Crippen LogP contribution in [0.15, 0.2) is 24.3 Å². The molecule has 6 heteroatoms. The number of anilines is 1. The Kier molecular flexibility index (Phi) is 8.28. The Hall–Kier alpha value is -1.53. The fourth-order valence-electron chi connectivity index (χ4n) is 2.89. The highest BCUT2D eigenvalue weighted by molar-refractivity contribution is 7.99. The Morgan fingerprint density at radius 3 is 2.52 bits per heavy atom. The van der Waals surface area contributed by atoms with Crippen LogP contribution >= 0.6 is 11.8 Å². The molecule has 0 unspecified atom stereocenters. The van der Waals surface area contributed by atoms with E-state index in [1.54, 1.807) is 11.8 Å². The van der Waals surface area contributed by atoms with Gasteiger partial charge in [-0.1, -0.05) is 32.0 Å². The van der Waals surface area contributed by atoms with Crippen LogP contribution in [0, 0.1) is 0 Å². The molecule has 1 N–H and O–H groups in total. The smallest absolute Gasteiger partial charge is 0.238 e. The molecular formula is C19H29N3O2S. The Balaban J connectivity index is 1.74. The van der Waals surface area contributed by atoms with Gasteiger partial charge in [0.15, 0.2) is 0 Å². The molecule has 1 heterocycles. The molecule has 1 saturated heterocycles. The number of hydrogen-bond donors (Lipinski definition) is 1. The number of hydrogen-bond acceptors (Lipinski definition) is 4. The molecule has 2 rings (SSSR count). The van der Waals surface area contributed by atoms with Crippen molar-refractivity contribution >= 4 is 29.3 Å². The van der Waals surface area contributed by atoms with Crippen LogP contribution in [0.25, 0.3) is 0 Å². The monoisotopic (exact) mass is 363 g/mol. The summed E-state index contributed by atoms with van der Waals surface area (Å²) in [5, 5.41) is 3.01. The van der Waals surface area contributed by atoms with Crippen LogP contribution < -0.4 is 5.32 Å². The lowest BCUT2D eigenvalue weighted by Gasteiger charge is -2.34. The first-order chi connectivity index (χ1) is 12.1. The van der Waals surface area contributed by atoms with Gasteiger partial charge in [-0.3, -0.25) is 14.5 Å². The summed E-state index contributed by atoms with van der Waals surface area (Å²) < 4.78 is 0. The van der Waals surface area contributed by atoms with Crippen LogP contribution in [0.1, 0.15) is 25.8 Å². The number of rotatable bonds is 8. The average Bonchev–Trinajstić information content (AvgIpc) is 2.63. The van der Waals surface area contributed by atoms with E-state index < -0.39 is 0 Å². The molecule has 0 bridgehead atoms. The largest absolute Gasteiger partial charge is 0.339 e. The molecule has 1 aliphatic heterocycles. The second-order valence-corrected chi connectivity index (χ2v) is 7.37. The van der Waals surface area contributed by atoms with Gasteiger partial charge in [0.2, 0.25) is 11.8 Å². The van der Waals surface area contributed by atoms with Crippen LogP contribution in [0.3, 0.4) is 0 Å². The van der Waals surface area contributed by atoms with Crippen molar-refractivity contribution in [2.24, 2.45) is 0 Å². The highest BCUT2D eigenvalue weighted by Gasteiger charge is 2.22. The molecule has 1 aliphatic rings. The predicted octanol–water partition coefficient (Wildman–Crippen LogP) is 2.47. The van der Waals surface area contributed by atoms with Crippen molar-refractivity contribution < 1.29 is 9.59 Å². The van der Waals surface area contributed by atoms with E-state index in [0.717, 1.165) is 42.9 Å².